The number of carbonyl (C=O) groups excluding carboxylic acids is 2. The van der Waals surface area contributed by atoms with E-state index in [4.69, 9.17) is 4.74 Å². The minimum Gasteiger partial charge on any atom is -0.378 e. The molecule has 1 saturated carbocycles. The summed E-state index contributed by atoms with van der Waals surface area (Å²) in [5.41, 5.74) is 0. The number of nitrogens with zero attached hydrogens (tertiary/aromatic N) is 1. The number of ether oxygens (including phenoxy) is 1. The molecule has 1 N–H and O–H groups in total. The van der Waals surface area contributed by atoms with E-state index in [2.05, 4.69) is 5.32 Å². The highest BCUT2D eigenvalue weighted by Gasteiger charge is 2.40. The third-order valence-electron chi connectivity index (χ3n) is 4.34. The molecule has 1 aliphatic carbocycles. The zero-order valence-electron chi connectivity index (χ0n) is 11.3. The Balaban J connectivity index is 1.58. The van der Waals surface area contributed by atoms with Crippen LogP contribution in [-0.4, -0.2) is 48.6 Å². The van der Waals surface area contributed by atoms with Crippen LogP contribution in [0.4, 0.5) is 0 Å². The summed E-state index contributed by atoms with van der Waals surface area (Å²) in [7, 11) is 0. The molecule has 5 nitrogen and oxygen atoms in total. The second-order valence-corrected chi connectivity index (χ2v) is 5.88. The van der Waals surface area contributed by atoms with Gasteiger partial charge in [-0.05, 0) is 38.0 Å². The molecule has 0 aromatic heterocycles. The minimum atomic E-state index is -0.264. The van der Waals surface area contributed by atoms with Crippen LogP contribution >= 0.6 is 0 Å². The molecule has 0 spiro atoms. The molecule has 2 atom stereocenters. The quantitative estimate of drug-likeness (QED) is 0.814. The second kappa shape index (κ2) is 5.49. The maximum absolute atomic E-state index is 12.4. The van der Waals surface area contributed by atoms with Crippen LogP contribution in [0.2, 0.25) is 0 Å². The molecule has 2 heterocycles. The molecule has 3 aliphatic rings. The molecule has 2 unspecified atom stereocenters. The predicted octanol–water partition coefficient (Wildman–Crippen LogP) is 0.683. The largest absolute Gasteiger partial charge is 0.378 e. The van der Waals surface area contributed by atoms with Gasteiger partial charge < -0.3 is 15.0 Å². The van der Waals surface area contributed by atoms with Crippen molar-refractivity contribution in [2.45, 2.75) is 50.7 Å². The van der Waals surface area contributed by atoms with E-state index in [9.17, 15) is 9.59 Å². The molecule has 0 radical (unpaired) electrons. The van der Waals surface area contributed by atoms with Gasteiger partial charge in [0.15, 0.2) is 0 Å². The maximum Gasteiger partial charge on any atom is 0.245 e. The van der Waals surface area contributed by atoms with Crippen molar-refractivity contribution in [2.24, 2.45) is 5.92 Å². The van der Waals surface area contributed by atoms with Gasteiger partial charge in [-0.15, -0.1) is 0 Å². The van der Waals surface area contributed by atoms with Crippen molar-refractivity contribution in [3.05, 3.63) is 0 Å². The summed E-state index contributed by atoms with van der Waals surface area (Å²) >= 11 is 0. The van der Waals surface area contributed by atoms with Crippen molar-refractivity contribution in [2.75, 3.05) is 19.7 Å². The summed E-state index contributed by atoms with van der Waals surface area (Å²) in [4.78, 5) is 26.0. The molecule has 0 aromatic carbocycles. The van der Waals surface area contributed by atoms with Gasteiger partial charge in [-0.1, -0.05) is 0 Å². The van der Waals surface area contributed by atoms with E-state index in [1.807, 2.05) is 4.90 Å². The van der Waals surface area contributed by atoms with Gasteiger partial charge >= 0.3 is 0 Å². The van der Waals surface area contributed by atoms with Crippen LogP contribution in [0.3, 0.4) is 0 Å². The number of nitrogens with one attached hydrogen (secondary N) is 1. The number of amides is 2. The first kappa shape index (κ1) is 12.9. The summed E-state index contributed by atoms with van der Waals surface area (Å²) in [6, 6.07) is -0.264. The Hall–Kier alpha value is -1.10. The minimum absolute atomic E-state index is 0.0184. The van der Waals surface area contributed by atoms with E-state index >= 15 is 0 Å². The molecule has 2 amide bonds. The Labute approximate surface area is 113 Å². The van der Waals surface area contributed by atoms with Gasteiger partial charge in [0.05, 0.1) is 6.10 Å². The van der Waals surface area contributed by atoms with Gasteiger partial charge in [0.25, 0.3) is 0 Å². The van der Waals surface area contributed by atoms with Crippen LogP contribution in [0.15, 0.2) is 0 Å². The lowest BCUT2D eigenvalue weighted by atomic mass is 10.1. The zero-order valence-corrected chi connectivity index (χ0v) is 11.3. The van der Waals surface area contributed by atoms with Crippen LogP contribution < -0.4 is 5.32 Å². The first-order chi connectivity index (χ1) is 9.24. The SMILES string of the molecule is O=C1CCN(CCC2CCCO2)C(=O)C(C2CC2)N1. The van der Waals surface area contributed by atoms with Gasteiger partial charge in [0, 0.05) is 26.1 Å². The molecular formula is C14H22N2O3. The molecule has 0 aromatic rings. The molecule has 2 aliphatic heterocycles. The second-order valence-electron chi connectivity index (χ2n) is 5.88. The maximum atomic E-state index is 12.4. The van der Waals surface area contributed by atoms with E-state index in [-0.39, 0.29) is 17.9 Å². The highest BCUT2D eigenvalue weighted by atomic mass is 16.5. The first-order valence-corrected chi connectivity index (χ1v) is 7.44. The molecule has 106 valence electrons. The van der Waals surface area contributed by atoms with E-state index in [1.165, 1.54) is 0 Å². The van der Waals surface area contributed by atoms with Crippen LogP contribution in [0.5, 0.6) is 0 Å². The predicted molar refractivity (Wildman–Crippen MR) is 69.4 cm³/mol. The number of carbonyl (C=O) groups is 2. The number of hydrogen-bond acceptors (Lipinski definition) is 3. The molecule has 3 fully saturated rings. The molecular weight excluding hydrogens is 244 g/mol. The normalized spacial score (nSPS) is 32.3. The van der Waals surface area contributed by atoms with Gasteiger partial charge in [-0.2, -0.15) is 0 Å². The zero-order chi connectivity index (χ0) is 13.2. The summed E-state index contributed by atoms with van der Waals surface area (Å²) < 4.78 is 5.60. The van der Waals surface area contributed by atoms with E-state index in [0.717, 1.165) is 45.3 Å². The smallest absolute Gasteiger partial charge is 0.245 e. The third kappa shape index (κ3) is 3.08. The lowest BCUT2D eigenvalue weighted by molar-refractivity contribution is -0.134. The van der Waals surface area contributed by atoms with Crippen molar-refractivity contribution in [3.8, 4) is 0 Å². The van der Waals surface area contributed by atoms with Gasteiger partial charge in [-0.25, -0.2) is 0 Å². The fourth-order valence-corrected chi connectivity index (χ4v) is 2.99. The van der Waals surface area contributed by atoms with E-state index < -0.39 is 0 Å². The Kier molecular flexibility index (Phi) is 3.73. The number of hydrogen-bond donors (Lipinski definition) is 1. The average Bonchev–Trinajstić information content (AvgIpc) is 3.13. The van der Waals surface area contributed by atoms with Crippen molar-refractivity contribution in [1.82, 2.24) is 10.2 Å². The van der Waals surface area contributed by atoms with Gasteiger partial charge in [-0.3, -0.25) is 9.59 Å². The third-order valence-corrected chi connectivity index (χ3v) is 4.34. The highest BCUT2D eigenvalue weighted by molar-refractivity contribution is 5.90. The van der Waals surface area contributed by atoms with Crippen LogP contribution in [0, 0.1) is 5.92 Å². The van der Waals surface area contributed by atoms with Crippen LogP contribution in [-0.2, 0) is 14.3 Å². The standard InChI is InChI=1S/C14H22N2O3/c17-12-6-8-16(7-5-11-2-1-9-19-11)14(18)13(15-12)10-3-4-10/h10-11,13H,1-9H2,(H,15,17). The fraction of sp³-hybridized carbons (Fsp3) is 0.857. The van der Waals surface area contributed by atoms with Gasteiger partial charge in [0.2, 0.25) is 11.8 Å². The summed E-state index contributed by atoms with van der Waals surface area (Å²) in [5, 5.41) is 2.89. The van der Waals surface area contributed by atoms with Crippen molar-refractivity contribution < 1.29 is 14.3 Å². The van der Waals surface area contributed by atoms with E-state index in [0.29, 0.717) is 25.0 Å². The van der Waals surface area contributed by atoms with Crippen molar-refractivity contribution in [1.29, 1.82) is 0 Å². The fourth-order valence-electron chi connectivity index (χ4n) is 2.99. The molecule has 3 rings (SSSR count). The van der Waals surface area contributed by atoms with Crippen LogP contribution in [0.25, 0.3) is 0 Å². The average molecular weight is 266 g/mol. The molecule has 5 heteroatoms. The topological polar surface area (TPSA) is 58.6 Å². The first-order valence-electron chi connectivity index (χ1n) is 7.44. The van der Waals surface area contributed by atoms with Gasteiger partial charge in [0.1, 0.15) is 6.04 Å². The molecule has 2 saturated heterocycles. The van der Waals surface area contributed by atoms with Crippen molar-refractivity contribution in [3.63, 3.8) is 0 Å². The van der Waals surface area contributed by atoms with Crippen LogP contribution in [0.1, 0.15) is 38.5 Å². The summed E-state index contributed by atoms with van der Waals surface area (Å²) in [6.07, 6.45) is 6.00. The highest BCUT2D eigenvalue weighted by Crippen LogP contribution is 2.34. The summed E-state index contributed by atoms with van der Waals surface area (Å²) in [5.74, 6) is 0.510. The Bertz CT molecular complexity index is 362. The summed E-state index contributed by atoms with van der Waals surface area (Å²) in [6.45, 7) is 2.13. The Morgan fingerprint density at radius 3 is 2.79 bits per heavy atom. The Morgan fingerprint density at radius 1 is 1.26 bits per heavy atom. The molecule has 19 heavy (non-hydrogen) atoms. The lowest BCUT2D eigenvalue weighted by Crippen LogP contribution is -2.46. The molecule has 0 bridgehead atoms. The number of rotatable bonds is 4. The lowest BCUT2D eigenvalue weighted by Gasteiger charge is -2.25. The van der Waals surface area contributed by atoms with Crippen molar-refractivity contribution >= 4 is 11.8 Å². The Morgan fingerprint density at radius 2 is 2.11 bits per heavy atom. The van der Waals surface area contributed by atoms with E-state index in [1.54, 1.807) is 0 Å². The monoisotopic (exact) mass is 266 g/mol.